The number of aromatic nitrogens is 3. The second kappa shape index (κ2) is 10.6. The van der Waals surface area contributed by atoms with E-state index in [0.717, 1.165) is 39.0 Å². The Labute approximate surface area is 197 Å². The first kappa shape index (κ1) is 23.6. The minimum absolute atomic E-state index is 0.0484. The fourth-order valence-corrected chi connectivity index (χ4v) is 3.84. The lowest BCUT2D eigenvalue weighted by molar-refractivity contribution is 0.0383. The van der Waals surface area contributed by atoms with Crippen LogP contribution in [0.2, 0.25) is 0 Å². The Morgan fingerprint density at radius 3 is 2.44 bits per heavy atom. The van der Waals surface area contributed by atoms with Crippen molar-refractivity contribution in [3.63, 3.8) is 0 Å². The van der Waals surface area contributed by atoms with E-state index in [0.29, 0.717) is 32.0 Å². The molecule has 0 unspecified atom stereocenters. The van der Waals surface area contributed by atoms with E-state index in [4.69, 9.17) is 4.74 Å². The lowest BCUT2D eigenvalue weighted by Gasteiger charge is -2.26. The molecule has 0 atom stereocenters. The number of nitrogens with one attached hydrogen (secondary N) is 1. The molecule has 1 aromatic heterocycles. The maximum Gasteiger partial charge on any atom is 0.352 e. The van der Waals surface area contributed by atoms with Crippen LogP contribution in [0.4, 0.5) is 0 Å². The van der Waals surface area contributed by atoms with Crippen molar-refractivity contribution in [2.45, 2.75) is 20.4 Å². The van der Waals surface area contributed by atoms with Gasteiger partial charge in [-0.3, -0.25) is 19.1 Å². The molecule has 0 spiro atoms. The van der Waals surface area contributed by atoms with Crippen LogP contribution in [-0.4, -0.2) is 64.5 Å². The molecule has 1 amide bonds. The zero-order valence-electron chi connectivity index (χ0n) is 19.5. The molecule has 1 N–H and O–H groups in total. The van der Waals surface area contributed by atoms with Crippen molar-refractivity contribution in [2.24, 2.45) is 0 Å². The molecule has 1 aliphatic heterocycles. The maximum atomic E-state index is 13.3. The summed E-state index contributed by atoms with van der Waals surface area (Å²) in [6.45, 7) is 7.84. The van der Waals surface area contributed by atoms with Crippen LogP contribution in [0.25, 0.3) is 5.69 Å². The lowest BCUT2D eigenvalue weighted by atomic mass is 10.1. The quantitative estimate of drug-likeness (QED) is 0.564. The van der Waals surface area contributed by atoms with E-state index in [-0.39, 0.29) is 12.2 Å². The predicted octanol–water partition coefficient (Wildman–Crippen LogP) is 1.12. The van der Waals surface area contributed by atoms with Gasteiger partial charge >= 0.3 is 5.69 Å². The molecular formula is C25H29N5O4. The molecule has 2 heterocycles. The van der Waals surface area contributed by atoms with E-state index in [2.05, 4.69) is 15.3 Å². The second-order valence-electron chi connectivity index (χ2n) is 8.41. The highest BCUT2D eigenvalue weighted by Gasteiger charge is 2.21. The summed E-state index contributed by atoms with van der Waals surface area (Å²) in [5.74, 6) is -0.599. The van der Waals surface area contributed by atoms with Gasteiger partial charge in [-0.25, -0.2) is 4.79 Å². The Kier molecular flexibility index (Phi) is 7.34. The van der Waals surface area contributed by atoms with Crippen LogP contribution in [0, 0.1) is 13.8 Å². The lowest BCUT2D eigenvalue weighted by Crippen LogP contribution is -2.47. The molecular weight excluding hydrogens is 434 g/mol. The van der Waals surface area contributed by atoms with Gasteiger partial charge in [-0.15, -0.1) is 0 Å². The molecule has 0 saturated carbocycles. The fraction of sp³-hybridized carbons (Fsp3) is 0.360. The maximum absolute atomic E-state index is 13.3. The van der Waals surface area contributed by atoms with Crippen LogP contribution < -0.4 is 16.6 Å². The standard InChI is InChI=1S/C25H29N5O4/c1-18-7-9-21(10-8-18)30-25(33)29(17-20-6-4-3-5-19(20)2)24(32)22(27-30)23(31)26-11-12-28-13-15-34-16-14-28/h3-10H,11-17H2,1-2H3,(H,26,31). The summed E-state index contributed by atoms with van der Waals surface area (Å²) in [5, 5.41) is 6.97. The smallest absolute Gasteiger partial charge is 0.352 e. The third kappa shape index (κ3) is 5.32. The summed E-state index contributed by atoms with van der Waals surface area (Å²) in [7, 11) is 0. The highest BCUT2D eigenvalue weighted by atomic mass is 16.5. The Hall–Kier alpha value is -3.56. The minimum Gasteiger partial charge on any atom is -0.379 e. The number of amides is 1. The van der Waals surface area contributed by atoms with Crippen molar-refractivity contribution in [3.05, 3.63) is 91.8 Å². The minimum atomic E-state index is -0.708. The normalized spacial score (nSPS) is 14.2. The number of hydrogen-bond acceptors (Lipinski definition) is 6. The molecule has 0 bridgehead atoms. The van der Waals surface area contributed by atoms with Crippen LogP contribution in [0.1, 0.15) is 27.2 Å². The highest BCUT2D eigenvalue weighted by molar-refractivity contribution is 5.91. The van der Waals surface area contributed by atoms with E-state index in [9.17, 15) is 14.4 Å². The Balaban J connectivity index is 1.68. The molecule has 9 nitrogen and oxygen atoms in total. The monoisotopic (exact) mass is 463 g/mol. The summed E-state index contributed by atoms with van der Waals surface area (Å²) < 4.78 is 7.54. The van der Waals surface area contributed by atoms with Gasteiger partial charge in [0.2, 0.25) is 5.69 Å². The number of carbonyl (C=O) groups excluding carboxylic acids is 1. The number of carbonyl (C=O) groups is 1. The average molecular weight is 464 g/mol. The van der Waals surface area contributed by atoms with E-state index in [1.54, 1.807) is 12.1 Å². The van der Waals surface area contributed by atoms with Crippen LogP contribution in [-0.2, 0) is 11.3 Å². The van der Waals surface area contributed by atoms with E-state index < -0.39 is 17.2 Å². The Morgan fingerprint density at radius 1 is 1.03 bits per heavy atom. The third-order valence-corrected chi connectivity index (χ3v) is 5.96. The number of aryl methyl sites for hydroxylation is 2. The van der Waals surface area contributed by atoms with Gasteiger partial charge in [0.15, 0.2) is 0 Å². The van der Waals surface area contributed by atoms with Gasteiger partial charge in [0.05, 0.1) is 25.4 Å². The van der Waals surface area contributed by atoms with Gasteiger partial charge < -0.3 is 10.1 Å². The van der Waals surface area contributed by atoms with Gasteiger partial charge in [-0.05, 0) is 37.1 Å². The number of hydrogen-bond donors (Lipinski definition) is 1. The fourth-order valence-electron chi connectivity index (χ4n) is 3.84. The molecule has 2 aromatic carbocycles. The number of morpholine rings is 1. The van der Waals surface area contributed by atoms with Gasteiger partial charge in [0, 0.05) is 26.2 Å². The summed E-state index contributed by atoms with van der Waals surface area (Å²) >= 11 is 0. The number of benzene rings is 2. The van der Waals surface area contributed by atoms with Crippen LogP contribution >= 0.6 is 0 Å². The zero-order valence-corrected chi connectivity index (χ0v) is 19.5. The van der Waals surface area contributed by atoms with Gasteiger partial charge in [-0.2, -0.15) is 9.78 Å². The number of nitrogens with zero attached hydrogens (tertiary/aromatic N) is 4. The first-order valence-electron chi connectivity index (χ1n) is 11.4. The highest BCUT2D eigenvalue weighted by Crippen LogP contribution is 2.09. The Bertz CT molecular complexity index is 1270. The first-order valence-corrected chi connectivity index (χ1v) is 11.4. The second-order valence-corrected chi connectivity index (χ2v) is 8.41. The predicted molar refractivity (Wildman–Crippen MR) is 129 cm³/mol. The molecule has 4 rings (SSSR count). The SMILES string of the molecule is Cc1ccc(-n2nc(C(=O)NCCN3CCOCC3)c(=O)n(Cc3ccccc3C)c2=O)cc1. The van der Waals surface area contributed by atoms with E-state index >= 15 is 0 Å². The first-order chi connectivity index (χ1) is 16.4. The molecule has 0 aliphatic carbocycles. The van der Waals surface area contributed by atoms with Crippen LogP contribution in [0.3, 0.4) is 0 Å². The van der Waals surface area contributed by atoms with Gasteiger partial charge in [0.25, 0.3) is 11.5 Å². The molecule has 9 heteroatoms. The Morgan fingerprint density at radius 2 is 1.74 bits per heavy atom. The van der Waals surface area contributed by atoms with E-state index in [1.165, 1.54) is 0 Å². The summed E-state index contributed by atoms with van der Waals surface area (Å²) in [6, 6.07) is 14.7. The van der Waals surface area contributed by atoms with Crippen molar-refractivity contribution in [1.82, 2.24) is 24.6 Å². The molecule has 3 aromatic rings. The zero-order chi connectivity index (χ0) is 24.1. The molecule has 178 valence electrons. The van der Waals surface area contributed by atoms with Crippen molar-refractivity contribution in [3.8, 4) is 5.69 Å². The average Bonchev–Trinajstić information content (AvgIpc) is 2.84. The molecule has 1 aliphatic rings. The van der Waals surface area contributed by atoms with Crippen LogP contribution in [0.15, 0.2) is 58.1 Å². The molecule has 1 saturated heterocycles. The van der Waals surface area contributed by atoms with Crippen molar-refractivity contribution < 1.29 is 9.53 Å². The van der Waals surface area contributed by atoms with Crippen LogP contribution in [0.5, 0.6) is 0 Å². The number of rotatable bonds is 7. The molecule has 34 heavy (non-hydrogen) atoms. The van der Waals surface area contributed by atoms with Crippen molar-refractivity contribution >= 4 is 5.91 Å². The van der Waals surface area contributed by atoms with Gasteiger partial charge in [0.1, 0.15) is 0 Å². The summed E-state index contributed by atoms with van der Waals surface area (Å²) in [5.41, 5.74) is 1.66. The van der Waals surface area contributed by atoms with Crippen molar-refractivity contribution in [2.75, 3.05) is 39.4 Å². The largest absolute Gasteiger partial charge is 0.379 e. The van der Waals surface area contributed by atoms with E-state index in [1.807, 2.05) is 50.2 Å². The molecule has 1 fully saturated rings. The summed E-state index contributed by atoms with van der Waals surface area (Å²) in [4.78, 5) is 41.7. The third-order valence-electron chi connectivity index (χ3n) is 5.96. The van der Waals surface area contributed by atoms with Gasteiger partial charge in [-0.1, -0.05) is 42.0 Å². The number of ether oxygens (including phenoxy) is 1. The summed E-state index contributed by atoms with van der Waals surface area (Å²) in [6.07, 6.45) is 0. The topological polar surface area (TPSA) is 98.5 Å². The molecule has 0 radical (unpaired) electrons. The van der Waals surface area contributed by atoms with Crippen molar-refractivity contribution in [1.29, 1.82) is 0 Å².